The standard InChI is InChI=1S/C9H11FN2O2/c1-6(11-2)7-3-4-9(12(13)14)8(10)5-7/h3-6,11H,1-2H3. The van der Waals surface area contributed by atoms with E-state index < -0.39 is 16.4 Å². The van der Waals surface area contributed by atoms with E-state index in [0.717, 1.165) is 0 Å². The fourth-order valence-corrected chi connectivity index (χ4v) is 1.11. The molecule has 0 heterocycles. The third-order valence-electron chi connectivity index (χ3n) is 2.10. The molecule has 0 aromatic heterocycles. The summed E-state index contributed by atoms with van der Waals surface area (Å²) in [5.74, 6) is -0.797. The van der Waals surface area contributed by atoms with E-state index >= 15 is 0 Å². The quantitative estimate of drug-likeness (QED) is 0.597. The highest BCUT2D eigenvalue weighted by molar-refractivity contribution is 5.35. The zero-order valence-electron chi connectivity index (χ0n) is 7.95. The maximum absolute atomic E-state index is 13.1. The van der Waals surface area contributed by atoms with Gasteiger partial charge in [-0.1, -0.05) is 6.07 Å². The van der Waals surface area contributed by atoms with Crippen molar-refractivity contribution in [1.29, 1.82) is 0 Å². The van der Waals surface area contributed by atoms with Gasteiger partial charge in [-0.25, -0.2) is 0 Å². The molecule has 0 saturated heterocycles. The lowest BCUT2D eigenvalue weighted by Gasteiger charge is -2.09. The summed E-state index contributed by atoms with van der Waals surface area (Å²) in [7, 11) is 1.74. The first-order chi connectivity index (χ1) is 6.56. The van der Waals surface area contributed by atoms with Gasteiger partial charge in [-0.2, -0.15) is 4.39 Å². The first-order valence-corrected chi connectivity index (χ1v) is 4.17. The maximum Gasteiger partial charge on any atom is 0.304 e. The fourth-order valence-electron chi connectivity index (χ4n) is 1.11. The first-order valence-electron chi connectivity index (χ1n) is 4.17. The van der Waals surface area contributed by atoms with E-state index in [2.05, 4.69) is 5.32 Å². The second-order valence-electron chi connectivity index (χ2n) is 2.98. The van der Waals surface area contributed by atoms with Gasteiger partial charge >= 0.3 is 5.69 Å². The molecule has 1 atom stereocenters. The molecule has 0 radical (unpaired) electrons. The van der Waals surface area contributed by atoms with Crippen LogP contribution in [0.4, 0.5) is 10.1 Å². The average Bonchev–Trinajstić information content (AvgIpc) is 2.15. The predicted molar refractivity (Wildman–Crippen MR) is 50.5 cm³/mol. The molecule has 76 valence electrons. The van der Waals surface area contributed by atoms with E-state index in [4.69, 9.17) is 0 Å². The van der Waals surface area contributed by atoms with Crippen LogP contribution < -0.4 is 5.32 Å². The molecule has 0 bridgehead atoms. The Balaban J connectivity index is 3.06. The van der Waals surface area contributed by atoms with Gasteiger partial charge in [-0.05, 0) is 25.6 Å². The van der Waals surface area contributed by atoms with Crippen LogP contribution in [0.5, 0.6) is 0 Å². The Bertz CT molecular complexity index is 355. The zero-order chi connectivity index (χ0) is 10.7. The van der Waals surface area contributed by atoms with Gasteiger partial charge in [0.15, 0.2) is 0 Å². The lowest BCUT2D eigenvalue weighted by Crippen LogP contribution is -2.12. The molecular weight excluding hydrogens is 187 g/mol. The number of benzene rings is 1. The molecule has 0 amide bonds. The van der Waals surface area contributed by atoms with Crippen molar-refractivity contribution in [3.63, 3.8) is 0 Å². The molecule has 1 rings (SSSR count). The number of hydrogen-bond donors (Lipinski definition) is 1. The lowest BCUT2D eigenvalue weighted by atomic mass is 10.1. The first kappa shape index (κ1) is 10.6. The Morgan fingerprint density at radius 1 is 1.57 bits per heavy atom. The number of nitro benzene ring substituents is 1. The third kappa shape index (κ3) is 2.05. The van der Waals surface area contributed by atoms with Crippen LogP contribution in [0, 0.1) is 15.9 Å². The molecule has 1 unspecified atom stereocenters. The molecule has 1 aromatic rings. The van der Waals surface area contributed by atoms with E-state index in [0.29, 0.717) is 5.56 Å². The summed E-state index contributed by atoms with van der Waals surface area (Å²) in [4.78, 5) is 9.59. The van der Waals surface area contributed by atoms with Gasteiger partial charge in [-0.3, -0.25) is 10.1 Å². The predicted octanol–water partition coefficient (Wildman–Crippen LogP) is 2.01. The highest BCUT2D eigenvalue weighted by Gasteiger charge is 2.15. The lowest BCUT2D eigenvalue weighted by molar-refractivity contribution is -0.387. The highest BCUT2D eigenvalue weighted by Crippen LogP contribution is 2.21. The van der Waals surface area contributed by atoms with Crippen LogP contribution >= 0.6 is 0 Å². The number of halogens is 1. The topological polar surface area (TPSA) is 55.2 Å². The van der Waals surface area contributed by atoms with Crippen molar-refractivity contribution < 1.29 is 9.31 Å². The molecule has 5 heteroatoms. The second-order valence-corrected chi connectivity index (χ2v) is 2.98. The summed E-state index contributed by atoms with van der Waals surface area (Å²) in [5, 5.41) is 13.2. The summed E-state index contributed by atoms with van der Waals surface area (Å²) >= 11 is 0. The van der Waals surface area contributed by atoms with Crippen molar-refractivity contribution in [2.45, 2.75) is 13.0 Å². The number of rotatable bonds is 3. The Morgan fingerprint density at radius 3 is 2.64 bits per heavy atom. The van der Waals surface area contributed by atoms with Crippen LogP contribution in [0.1, 0.15) is 18.5 Å². The van der Waals surface area contributed by atoms with Crippen LogP contribution in [0.25, 0.3) is 0 Å². The molecule has 0 spiro atoms. The van der Waals surface area contributed by atoms with E-state index in [1.807, 2.05) is 6.92 Å². The van der Waals surface area contributed by atoms with E-state index in [1.54, 1.807) is 13.1 Å². The minimum absolute atomic E-state index is 0.0229. The minimum Gasteiger partial charge on any atom is -0.313 e. The molecular formula is C9H11FN2O2. The normalized spacial score (nSPS) is 12.5. The molecule has 0 aliphatic rings. The summed E-state index contributed by atoms with van der Waals surface area (Å²) in [6.45, 7) is 1.85. The van der Waals surface area contributed by atoms with E-state index in [9.17, 15) is 14.5 Å². The van der Waals surface area contributed by atoms with Crippen LogP contribution in [0.2, 0.25) is 0 Å². The van der Waals surface area contributed by atoms with Gasteiger partial charge in [0, 0.05) is 12.1 Å². The van der Waals surface area contributed by atoms with Gasteiger partial charge < -0.3 is 5.32 Å². The number of nitrogens with one attached hydrogen (secondary N) is 1. The average molecular weight is 198 g/mol. The zero-order valence-corrected chi connectivity index (χ0v) is 7.95. The van der Waals surface area contributed by atoms with Gasteiger partial charge in [0.1, 0.15) is 0 Å². The second kappa shape index (κ2) is 4.15. The largest absolute Gasteiger partial charge is 0.313 e. The fraction of sp³-hybridized carbons (Fsp3) is 0.333. The monoisotopic (exact) mass is 198 g/mol. The summed E-state index contributed by atoms with van der Waals surface area (Å²) < 4.78 is 13.1. The van der Waals surface area contributed by atoms with Crippen LogP contribution in [-0.4, -0.2) is 12.0 Å². The summed E-state index contributed by atoms with van der Waals surface area (Å²) in [5.41, 5.74) is 0.202. The van der Waals surface area contributed by atoms with Gasteiger partial charge in [0.25, 0.3) is 0 Å². The minimum atomic E-state index is -0.797. The van der Waals surface area contributed by atoms with Crippen molar-refractivity contribution in [2.75, 3.05) is 7.05 Å². The molecule has 0 fully saturated rings. The van der Waals surface area contributed by atoms with E-state index in [-0.39, 0.29) is 6.04 Å². The summed E-state index contributed by atoms with van der Waals surface area (Å²) in [6.07, 6.45) is 0. The Kier molecular flexibility index (Phi) is 3.14. The van der Waals surface area contributed by atoms with Crippen molar-refractivity contribution in [2.24, 2.45) is 0 Å². The Morgan fingerprint density at radius 2 is 2.21 bits per heavy atom. The van der Waals surface area contributed by atoms with Crippen LogP contribution in [0.15, 0.2) is 18.2 Å². The Hall–Kier alpha value is -1.49. The van der Waals surface area contributed by atoms with Gasteiger partial charge in [-0.15, -0.1) is 0 Å². The number of nitrogens with zero attached hydrogens (tertiary/aromatic N) is 1. The molecule has 0 saturated carbocycles. The SMILES string of the molecule is CNC(C)c1ccc([N+](=O)[O-])c(F)c1. The number of nitro groups is 1. The molecule has 4 nitrogen and oxygen atoms in total. The van der Waals surface area contributed by atoms with Crippen LogP contribution in [-0.2, 0) is 0 Å². The van der Waals surface area contributed by atoms with Crippen LogP contribution in [0.3, 0.4) is 0 Å². The Labute approximate surface area is 80.9 Å². The number of hydrogen-bond acceptors (Lipinski definition) is 3. The van der Waals surface area contributed by atoms with Gasteiger partial charge in [0.05, 0.1) is 4.92 Å². The maximum atomic E-state index is 13.1. The molecule has 0 aliphatic carbocycles. The molecule has 1 N–H and O–H groups in total. The van der Waals surface area contributed by atoms with Crippen molar-refractivity contribution in [3.05, 3.63) is 39.7 Å². The van der Waals surface area contributed by atoms with Crippen molar-refractivity contribution in [3.8, 4) is 0 Å². The highest BCUT2D eigenvalue weighted by atomic mass is 19.1. The molecule has 1 aromatic carbocycles. The van der Waals surface area contributed by atoms with Gasteiger partial charge in [0.2, 0.25) is 5.82 Å². The molecule has 14 heavy (non-hydrogen) atoms. The van der Waals surface area contributed by atoms with Crippen molar-refractivity contribution >= 4 is 5.69 Å². The smallest absolute Gasteiger partial charge is 0.304 e. The molecule has 0 aliphatic heterocycles. The summed E-state index contributed by atoms with van der Waals surface area (Å²) in [6, 6.07) is 3.88. The van der Waals surface area contributed by atoms with E-state index in [1.165, 1.54) is 12.1 Å². The third-order valence-corrected chi connectivity index (χ3v) is 2.10. The van der Waals surface area contributed by atoms with Crippen molar-refractivity contribution in [1.82, 2.24) is 5.32 Å².